The molecule has 2 aliphatic heterocycles. The van der Waals surface area contributed by atoms with E-state index in [1.807, 2.05) is 24.1 Å². The zero-order chi connectivity index (χ0) is 25.7. The number of carbonyl (C=O) groups is 1. The minimum absolute atomic E-state index is 0.0482. The van der Waals surface area contributed by atoms with Crippen LogP contribution in [0, 0.1) is 0 Å². The van der Waals surface area contributed by atoms with Gasteiger partial charge in [-0.25, -0.2) is 4.98 Å². The van der Waals surface area contributed by atoms with Crippen LogP contribution in [0.4, 0.5) is 5.69 Å². The molecule has 1 saturated heterocycles. The number of carbonyl (C=O) groups excluding carboxylic acids is 1. The van der Waals surface area contributed by atoms with Crippen LogP contribution < -0.4 is 9.64 Å². The van der Waals surface area contributed by atoms with Gasteiger partial charge in [0.1, 0.15) is 11.3 Å². The molecule has 1 atom stereocenters. The van der Waals surface area contributed by atoms with Gasteiger partial charge in [-0.05, 0) is 49.9 Å². The van der Waals surface area contributed by atoms with E-state index >= 15 is 0 Å². The van der Waals surface area contributed by atoms with Gasteiger partial charge in [-0.3, -0.25) is 4.79 Å². The number of amides is 1. The molecule has 4 aromatic rings. The zero-order valence-electron chi connectivity index (χ0n) is 21.9. The Balaban J connectivity index is 1.52. The van der Waals surface area contributed by atoms with Gasteiger partial charge in [-0.1, -0.05) is 19.1 Å². The molecule has 0 radical (unpaired) electrons. The molecule has 1 N–H and O–H groups in total. The lowest BCUT2D eigenvalue weighted by molar-refractivity contribution is 0.0792. The van der Waals surface area contributed by atoms with Gasteiger partial charge in [-0.2, -0.15) is 0 Å². The Hall–Kier alpha value is -3.52. The highest BCUT2D eigenvalue weighted by molar-refractivity contribution is 6.01. The molecule has 0 bridgehead atoms. The van der Waals surface area contributed by atoms with Crippen LogP contribution in [0.5, 0.6) is 5.75 Å². The highest BCUT2D eigenvalue weighted by Crippen LogP contribution is 2.42. The number of aliphatic hydroxyl groups is 1. The fraction of sp³-hybridized carbons (Fsp3) is 0.448. The number of nitrogens with zero attached hydrogens (tertiary/aromatic N) is 5. The lowest BCUT2D eigenvalue weighted by Crippen LogP contribution is -2.36. The number of methoxy groups -OCH3 is 1. The summed E-state index contributed by atoms with van der Waals surface area (Å²) in [5.74, 6) is 1.58. The molecule has 194 valence electrons. The smallest absolute Gasteiger partial charge is 0.254 e. The minimum Gasteiger partial charge on any atom is -0.494 e. The van der Waals surface area contributed by atoms with Crippen molar-refractivity contribution in [1.29, 1.82) is 0 Å². The lowest BCUT2D eigenvalue weighted by Gasteiger charge is -2.36. The van der Waals surface area contributed by atoms with E-state index in [2.05, 4.69) is 45.2 Å². The fourth-order valence-electron chi connectivity index (χ4n) is 6.21. The van der Waals surface area contributed by atoms with Crippen molar-refractivity contribution in [2.24, 2.45) is 7.05 Å². The topological polar surface area (TPSA) is 75.8 Å². The number of fused-ring (bicyclic) bond motifs is 1. The second-order valence-corrected chi connectivity index (χ2v) is 10.2. The summed E-state index contributed by atoms with van der Waals surface area (Å²) in [5.41, 5.74) is 5.79. The van der Waals surface area contributed by atoms with Crippen LogP contribution in [0.1, 0.15) is 49.0 Å². The summed E-state index contributed by atoms with van der Waals surface area (Å²) in [6, 6.07) is 12.8. The van der Waals surface area contributed by atoms with Crippen molar-refractivity contribution in [3.63, 3.8) is 0 Å². The average molecular weight is 502 g/mol. The van der Waals surface area contributed by atoms with Gasteiger partial charge < -0.3 is 28.8 Å². The highest BCUT2D eigenvalue weighted by Gasteiger charge is 2.30. The number of rotatable bonds is 7. The molecule has 37 heavy (non-hydrogen) atoms. The van der Waals surface area contributed by atoms with Crippen LogP contribution in [-0.2, 0) is 7.05 Å². The van der Waals surface area contributed by atoms with E-state index in [0.29, 0.717) is 11.3 Å². The van der Waals surface area contributed by atoms with Gasteiger partial charge in [0.05, 0.1) is 35.6 Å². The first-order valence-corrected chi connectivity index (χ1v) is 13.4. The number of benzene rings is 2. The molecule has 1 fully saturated rings. The first kappa shape index (κ1) is 23.9. The van der Waals surface area contributed by atoms with Crippen molar-refractivity contribution in [1.82, 2.24) is 19.0 Å². The Morgan fingerprint density at radius 2 is 1.97 bits per heavy atom. The van der Waals surface area contributed by atoms with E-state index in [9.17, 15) is 9.90 Å². The van der Waals surface area contributed by atoms with Gasteiger partial charge in [-0.15, -0.1) is 0 Å². The third-order valence-electron chi connectivity index (χ3n) is 8.06. The Kier molecular flexibility index (Phi) is 6.07. The molecule has 4 heterocycles. The summed E-state index contributed by atoms with van der Waals surface area (Å²) in [4.78, 5) is 22.6. The number of hydrogen-bond donors (Lipinski definition) is 1. The molecule has 2 aromatic heterocycles. The van der Waals surface area contributed by atoms with Crippen LogP contribution in [0.2, 0.25) is 0 Å². The number of para-hydroxylation sites is 1. The number of aryl methyl sites for hydroxylation is 1. The SMILES string of the molecule is CCC1CN(CCCO)c2cccc3cc(-c4nc5cc(C(=O)N6CCCC6)cc(OC)c5n4C)n1c23. The van der Waals surface area contributed by atoms with Crippen molar-refractivity contribution < 1.29 is 14.6 Å². The average Bonchev–Trinajstić information content (AvgIpc) is 3.66. The first-order chi connectivity index (χ1) is 18.0. The Morgan fingerprint density at radius 3 is 2.70 bits per heavy atom. The third kappa shape index (κ3) is 3.77. The molecule has 1 amide bonds. The zero-order valence-corrected chi connectivity index (χ0v) is 21.9. The summed E-state index contributed by atoms with van der Waals surface area (Å²) < 4.78 is 10.3. The van der Waals surface area contributed by atoms with Gasteiger partial charge in [0.2, 0.25) is 0 Å². The van der Waals surface area contributed by atoms with Crippen LogP contribution in [0.25, 0.3) is 33.5 Å². The summed E-state index contributed by atoms with van der Waals surface area (Å²) in [6.07, 6.45) is 3.86. The normalized spacial score (nSPS) is 17.4. The predicted molar refractivity (Wildman–Crippen MR) is 147 cm³/mol. The molecule has 8 heteroatoms. The van der Waals surface area contributed by atoms with E-state index < -0.39 is 0 Å². The van der Waals surface area contributed by atoms with Gasteiger partial charge in [0, 0.05) is 50.8 Å². The van der Waals surface area contributed by atoms with Gasteiger partial charge >= 0.3 is 0 Å². The van der Waals surface area contributed by atoms with Crippen molar-refractivity contribution >= 4 is 33.5 Å². The summed E-state index contributed by atoms with van der Waals surface area (Å²) >= 11 is 0. The number of aromatic nitrogens is 3. The first-order valence-electron chi connectivity index (χ1n) is 13.4. The quantitative estimate of drug-likeness (QED) is 0.401. The van der Waals surface area contributed by atoms with Crippen molar-refractivity contribution in [3.05, 3.63) is 42.0 Å². The second-order valence-electron chi connectivity index (χ2n) is 10.2. The van der Waals surface area contributed by atoms with Crippen molar-refractivity contribution in [2.45, 2.75) is 38.6 Å². The van der Waals surface area contributed by atoms with E-state index in [4.69, 9.17) is 9.72 Å². The Bertz CT molecular complexity index is 1480. The number of aliphatic hydroxyl groups excluding tert-OH is 1. The number of ether oxygens (including phenoxy) is 1. The molecule has 6 rings (SSSR count). The molecule has 8 nitrogen and oxygen atoms in total. The van der Waals surface area contributed by atoms with E-state index in [-0.39, 0.29) is 18.6 Å². The summed E-state index contributed by atoms with van der Waals surface area (Å²) in [5, 5.41) is 10.6. The molecular weight excluding hydrogens is 466 g/mol. The maximum atomic E-state index is 13.2. The van der Waals surface area contributed by atoms with Crippen LogP contribution in [0.3, 0.4) is 0 Å². The predicted octanol–water partition coefficient (Wildman–Crippen LogP) is 4.59. The molecule has 2 aromatic carbocycles. The van der Waals surface area contributed by atoms with Gasteiger partial charge in [0.25, 0.3) is 5.91 Å². The van der Waals surface area contributed by atoms with E-state index in [1.54, 1.807) is 7.11 Å². The van der Waals surface area contributed by atoms with E-state index in [1.165, 1.54) is 16.6 Å². The molecule has 0 saturated carbocycles. The maximum Gasteiger partial charge on any atom is 0.254 e. The number of imidazole rings is 1. The Morgan fingerprint density at radius 1 is 1.16 bits per heavy atom. The Labute approximate surface area is 217 Å². The monoisotopic (exact) mass is 501 g/mol. The van der Waals surface area contributed by atoms with Crippen molar-refractivity contribution in [3.8, 4) is 17.3 Å². The molecule has 2 aliphatic rings. The van der Waals surface area contributed by atoms with Crippen molar-refractivity contribution in [2.75, 3.05) is 44.8 Å². The van der Waals surface area contributed by atoms with Crippen LogP contribution in [0.15, 0.2) is 36.4 Å². The summed E-state index contributed by atoms with van der Waals surface area (Å²) in [7, 11) is 3.68. The minimum atomic E-state index is 0.0482. The standard InChI is InChI=1S/C29H35N5O3/c1-4-21-18-33(13-8-14-35)23-10-7-9-19-16-24(34(21)26(19)23)28-30-22-15-20(29(36)32-11-5-6-12-32)17-25(37-3)27(22)31(28)2/h7,9-10,15-17,21,35H,4-6,8,11-14,18H2,1-3H3. The van der Waals surface area contributed by atoms with Crippen LogP contribution >= 0.6 is 0 Å². The second kappa shape index (κ2) is 9.41. The molecule has 1 unspecified atom stereocenters. The lowest BCUT2D eigenvalue weighted by atomic mass is 10.1. The number of anilines is 1. The van der Waals surface area contributed by atoms with Crippen LogP contribution in [-0.4, -0.2) is 69.9 Å². The summed E-state index contributed by atoms with van der Waals surface area (Å²) in [6.45, 7) is 5.77. The molecule has 0 aliphatic carbocycles. The number of likely N-dealkylation sites (tertiary alicyclic amines) is 1. The molecular formula is C29H35N5O3. The maximum absolute atomic E-state index is 13.2. The molecule has 0 spiro atoms. The highest BCUT2D eigenvalue weighted by atomic mass is 16.5. The fourth-order valence-corrected chi connectivity index (χ4v) is 6.21. The van der Waals surface area contributed by atoms with E-state index in [0.717, 1.165) is 74.4 Å². The largest absolute Gasteiger partial charge is 0.494 e. The number of hydrogen-bond acceptors (Lipinski definition) is 5. The third-order valence-corrected chi connectivity index (χ3v) is 8.06. The van der Waals surface area contributed by atoms with Gasteiger partial charge in [0.15, 0.2) is 5.82 Å².